The third kappa shape index (κ3) is 1.64. The summed E-state index contributed by atoms with van der Waals surface area (Å²) in [6.07, 6.45) is 0. The summed E-state index contributed by atoms with van der Waals surface area (Å²) in [7, 11) is 3.59. The van der Waals surface area contributed by atoms with E-state index in [9.17, 15) is 10.1 Å². The van der Waals surface area contributed by atoms with E-state index in [1.807, 2.05) is 0 Å². The van der Waals surface area contributed by atoms with Crippen LogP contribution in [0.1, 0.15) is 0 Å². The second-order valence-corrected chi connectivity index (χ2v) is 2.98. The molecule has 1 rings (SSSR count). The highest BCUT2D eigenvalue weighted by Gasteiger charge is 2.14. The van der Waals surface area contributed by atoms with E-state index >= 15 is 0 Å². The molecule has 0 aliphatic carbocycles. The Labute approximate surface area is 67.4 Å². The van der Waals surface area contributed by atoms with Crippen LogP contribution in [0.15, 0.2) is 5.38 Å². The largest absolute Gasteiger partial charge is 0.376 e. The fraction of sp³-hybridized carbons (Fsp3) is 0.400. The molecule has 5 nitrogen and oxygen atoms in total. The molecule has 0 N–H and O–H groups in total. The van der Waals surface area contributed by atoms with Gasteiger partial charge in [0.1, 0.15) is 0 Å². The third-order valence-electron chi connectivity index (χ3n) is 1.05. The molecule has 0 aliphatic heterocycles. The Morgan fingerprint density at radius 3 is 2.64 bits per heavy atom. The molecular formula is C5H7N3O2S. The fourth-order valence-electron chi connectivity index (χ4n) is 0.545. The van der Waals surface area contributed by atoms with Crippen molar-refractivity contribution in [3.63, 3.8) is 0 Å². The molecule has 0 radical (unpaired) electrons. The molecule has 0 unspecified atom stereocenters. The Balaban J connectivity index is 2.90. The van der Waals surface area contributed by atoms with Crippen molar-refractivity contribution in [1.82, 2.24) is 4.98 Å². The molecule has 0 fully saturated rings. The van der Waals surface area contributed by atoms with E-state index in [4.69, 9.17) is 0 Å². The van der Waals surface area contributed by atoms with Gasteiger partial charge in [0.25, 0.3) is 5.13 Å². The summed E-state index contributed by atoms with van der Waals surface area (Å²) < 4.78 is 0. The van der Waals surface area contributed by atoms with E-state index in [0.29, 0.717) is 5.13 Å². The van der Waals surface area contributed by atoms with Crippen LogP contribution in [0.5, 0.6) is 0 Å². The van der Waals surface area contributed by atoms with Crippen molar-refractivity contribution < 1.29 is 4.92 Å². The van der Waals surface area contributed by atoms with Crippen molar-refractivity contribution in [2.24, 2.45) is 0 Å². The summed E-state index contributed by atoms with van der Waals surface area (Å²) in [5, 5.41) is 12.2. The normalized spacial score (nSPS) is 9.64. The summed E-state index contributed by atoms with van der Waals surface area (Å²) >= 11 is 1.26. The molecule has 1 heterocycles. The molecule has 1 aromatic heterocycles. The second-order valence-electron chi connectivity index (χ2n) is 2.14. The minimum absolute atomic E-state index is 0.0845. The van der Waals surface area contributed by atoms with Crippen molar-refractivity contribution in [2.75, 3.05) is 19.0 Å². The number of hydrogen-bond donors (Lipinski definition) is 0. The van der Waals surface area contributed by atoms with Crippen LogP contribution in [0.2, 0.25) is 0 Å². The number of nitrogens with zero attached hydrogens (tertiary/aromatic N) is 3. The van der Waals surface area contributed by atoms with Gasteiger partial charge in [0.05, 0.1) is 5.38 Å². The molecule has 0 amide bonds. The van der Waals surface area contributed by atoms with E-state index in [1.54, 1.807) is 19.0 Å². The van der Waals surface area contributed by atoms with E-state index in [0.717, 1.165) is 0 Å². The summed E-state index contributed by atoms with van der Waals surface area (Å²) in [5.41, 5.74) is 0. The highest BCUT2D eigenvalue weighted by Crippen LogP contribution is 2.22. The molecule has 0 spiro atoms. The Hall–Kier alpha value is -1.17. The van der Waals surface area contributed by atoms with Crippen molar-refractivity contribution >= 4 is 22.3 Å². The van der Waals surface area contributed by atoms with Gasteiger partial charge in [0, 0.05) is 14.1 Å². The Bertz CT molecular complexity index is 270. The molecule has 0 saturated heterocycles. The lowest BCUT2D eigenvalue weighted by Crippen LogP contribution is -2.07. The number of nitro groups is 1. The minimum Gasteiger partial charge on any atom is -0.358 e. The van der Waals surface area contributed by atoms with Gasteiger partial charge in [-0.3, -0.25) is 0 Å². The van der Waals surface area contributed by atoms with Gasteiger partial charge in [-0.25, -0.2) is 0 Å². The van der Waals surface area contributed by atoms with Crippen LogP contribution < -0.4 is 4.90 Å². The van der Waals surface area contributed by atoms with Gasteiger partial charge in [-0.2, -0.15) is 0 Å². The van der Waals surface area contributed by atoms with Crippen molar-refractivity contribution in [1.29, 1.82) is 0 Å². The number of anilines is 1. The summed E-state index contributed by atoms with van der Waals surface area (Å²) in [6.45, 7) is 0. The van der Waals surface area contributed by atoms with Gasteiger partial charge in [0.2, 0.25) is 0 Å². The first-order valence-corrected chi connectivity index (χ1v) is 3.76. The van der Waals surface area contributed by atoms with Gasteiger partial charge in [-0.1, -0.05) is 11.3 Å². The summed E-state index contributed by atoms with van der Waals surface area (Å²) in [5.74, 6) is -0.0845. The zero-order chi connectivity index (χ0) is 8.43. The smallest absolute Gasteiger partial charge is 0.358 e. The van der Waals surface area contributed by atoms with E-state index in [-0.39, 0.29) is 5.82 Å². The molecule has 6 heteroatoms. The lowest BCUT2D eigenvalue weighted by molar-refractivity contribution is -0.389. The summed E-state index contributed by atoms with van der Waals surface area (Å²) in [6, 6.07) is 0. The molecule has 11 heavy (non-hydrogen) atoms. The highest BCUT2D eigenvalue weighted by atomic mass is 32.1. The summed E-state index contributed by atoms with van der Waals surface area (Å²) in [4.78, 5) is 15.2. The third-order valence-corrected chi connectivity index (χ3v) is 2.05. The second kappa shape index (κ2) is 2.83. The predicted molar refractivity (Wildman–Crippen MR) is 43.1 cm³/mol. The van der Waals surface area contributed by atoms with Crippen molar-refractivity contribution in [2.45, 2.75) is 0 Å². The maximum absolute atomic E-state index is 10.2. The lowest BCUT2D eigenvalue weighted by atomic mass is 10.8. The highest BCUT2D eigenvalue weighted by molar-refractivity contribution is 7.14. The van der Waals surface area contributed by atoms with Crippen LogP contribution in [0.4, 0.5) is 10.9 Å². The molecule has 0 aromatic carbocycles. The molecule has 60 valence electrons. The van der Waals surface area contributed by atoms with Gasteiger partial charge in [-0.05, 0) is 9.91 Å². The van der Waals surface area contributed by atoms with Crippen LogP contribution in [0, 0.1) is 10.1 Å². The van der Waals surface area contributed by atoms with E-state index in [1.165, 1.54) is 16.7 Å². The van der Waals surface area contributed by atoms with Crippen LogP contribution in [0.3, 0.4) is 0 Å². The average molecular weight is 173 g/mol. The van der Waals surface area contributed by atoms with Gasteiger partial charge >= 0.3 is 5.82 Å². The van der Waals surface area contributed by atoms with Gasteiger partial charge < -0.3 is 15.0 Å². The standard InChI is InChI=1S/C5H7N3O2S/c1-7(2)5-6-4(3-11-5)8(9)10/h3H,1-2H3. The monoisotopic (exact) mass is 173 g/mol. The number of rotatable bonds is 2. The van der Waals surface area contributed by atoms with Crippen molar-refractivity contribution in [3.05, 3.63) is 15.5 Å². The van der Waals surface area contributed by atoms with Crippen molar-refractivity contribution in [3.8, 4) is 0 Å². The van der Waals surface area contributed by atoms with E-state index < -0.39 is 4.92 Å². The fourth-order valence-corrected chi connectivity index (χ4v) is 1.25. The topological polar surface area (TPSA) is 59.3 Å². The zero-order valence-corrected chi connectivity index (χ0v) is 6.96. The molecule has 1 aromatic rings. The Kier molecular flexibility index (Phi) is 2.04. The average Bonchev–Trinajstić information content (AvgIpc) is 2.33. The minimum atomic E-state index is -0.497. The lowest BCUT2D eigenvalue weighted by Gasteiger charge is -1.99. The Morgan fingerprint density at radius 1 is 1.73 bits per heavy atom. The predicted octanol–water partition coefficient (Wildman–Crippen LogP) is 1.12. The van der Waals surface area contributed by atoms with Crippen LogP contribution >= 0.6 is 11.3 Å². The SMILES string of the molecule is CN(C)c1nc([N+](=O)[O-])cs1. The Morgan fingerprint density at radius 2 is 2.36 bits per heavy atom. The van der Waals surface area contributed by atoms with Crippen LogP contribution in [-0.4, -0.2) is 24.0 Å². The van der Waals surface area contributed by atoms with E-state index in [2.05, 4.69) is 4.98 Å². The molecule has 0 bridgehead atoms. The molecular weight excluding hydrogens is 166 g/mol. The maximum Gasteiger partial charge on any atom is 0.376 e. The maximum atomic E-state index is 10.2. The number of hydrogen-bond acceptors (Lipinski definition) is 5. The first-order chi connectivity index (χ1) is 5.11. The number of thiazole rings is 1. The van der Waals surface area contributed by atoms with Crippen LogP contribution in [0.25, 0.3) is 0 Å². The zero-order valence-electron chi connectivity index (χ0n) is 6.14. The first-order valence-electron chi connectivity index (χ1n) is 2.88. The van der Waals surface area contributed by atoms with Gasteiger partial charge in [0.15, 0.2) is 0 Å². The molecule has 0 saturated carbocycles. The van der Waals surface area contributed by atoms with Crippen LogP contribution in [-0.2, 0) is 0 Å². The quantitative estimate of drug-likeness (QED) is 0.496. The molecule has 0 aliphatic rings. The number of aromatic nitrogens is 1. The first kappa shape index (κ1) is 7.93. The molecule has 0 atom stereocenters. The van der Waals surface area contributed by atoms with Gasteiger partial charge in [-0.15, -0.1) is 0 Å².